The molecule has 0 saturated carbocycles. The molecular formula is C32H58O4. The Balaban J connectivity index is 3.32. The summed E-state index contributed by atoms with van der Waals surface area (Å²) in [5.74, 6) is -1.98. The Kier molecular flexibility index (Phi) is 26.8. The van der Waals surface area contributed by atoms with E-state index in [9.17, 15) is 14.7 Å². The van der Waals surface area contributed by atoms with Crippen molar-refractivity contribution in [2.24, 2.45) is 5.92 Å². The van der Waals surface area contributed by atoms with Crippen LogP contribution in [0.25, 0.3) is 0 Å². The van der Waals surface area contributed by atoms with E-state index in [0.29, 0.717) is 6.42 Å². The summed E-state index contributed by atoms with van der Waals surface area (Å²) < 4.78 is 4.90. The van der Waals surface area contributed by atoms with Crippen molar-refractivity contribution in [1.29, 1.82) is 0 Å². The van der Waals surface area contributed by atoms with Crippen molar-refractivity contribution in [3.8, 4) is 0 Å². The number of aliphatic carboxylic acids is 1. The highest BCUT2D eigenvalue weighted by Crippen LogP contribution is 2.18. The zero-order chi connectivity index (χ0) is 26.5. The van der Waals surface area contributed by atoms with Crippen LogP contribution >= 0.6 is 0 Å². The lowest BCUT2D eigenvalue weighted by molar-refractivity contribution is -0.151. The van der Waals surface area contributed by atoms with E-state index in [4.69, 9.17) is 4.74 Å². The minimum atomic E-state index is -0.900. The number of hydrogen-bond acceptors (Lipinski definition) is 3. The molecule has 0 rings (SSSR count). The van der Waals surface area contributed by atoms with Crippen molar-refractivity contribution in [3.63, 3.8) is 0 Å². The average Bonchev–Trinajstić information content (AvgIpc) is 2.87. The van der Waals surface area contributed by atoms with Gasteiger partial charge in [0, 0.05) is 0 Å². The van der Waals surface area contributed by atoms with Gasteiger partial charge in [0.2, 0.25) is 0 Å². The van der Waals surface area contributed by atoms with E-state index in [0.717, 1.165) is 19.3 Å². The third-order valence-electron chi connectivity index (χ3n) is 6.95. The quantitative estimate of drug-likeness (QED) is 0.0651. The van der Waals surface area contributed by atoms with Crippen molar-refractivity contribution in [3.05, 3.63) is 24.8 Å². The maximum atomic E-state index is 11.6. The Bertz CT molecular complexity index is 540. The number of unbranched alkanes of at least 4 members (excludes halogenated alkanes) is 19. The second-order valence-electron chi connectivity index (χ2n) is 10.4. The molecule has 0 aromatic carbocycles. The molecule has 0 aromatic heterocycles. The van der Waals surface area contributed by atoms with Crippen LogP contribution < -0.4 is 0 Å². The van der Waals surface area contributed by atoms with E-state index in [1.807, 2.05) is 0 Å². The molecule has 0 aliphatic rings. The summed E-state index contributed by atoms with van der Waals surface area (Å²) >= 11 is 0. The molecule has 4 heteroatoms. The first-order chi connectivity index (χ1) is 17.6. The van der Waals surface area contributed by atoms with Crippen LogP contribution in [0.3, 0.4) is 0 Å². The molecule has 0 aromatic rings. The number of rotatable bonds is 28. The van der Waals surface area contributed by atoms with Gasteiger partial charge in [0.1, 0.15) is 6.61 Å². The summed E-state index contributed by atoms with van der Waals surface area (Å²) in [6, 6.07) is 0. The lowest BCUT2D eigenvalue weighted by Gasteiger charge is -2.11. The van der Waals surface area contributed by atoms with E-state index in [1.165, 1.54) is 122 Å². The van der Waals surface area contributed by atoms with Gasteiger partial charge in [-0.2, -0.15) is 0 Å². The predicted octanol–water partition coefficient (Wildman–Crippen LogP) is 9.96. The molecular weight excluding hydrogens is 448 g/mol. The molecule has 0 fully saturated rings. The van der Waals surface area contributed by atoms with Crippen LogP contribution in [0, 0.1) is 5.92 Å². The molecule has 36 heavy (non-hydrogen) atoms. The molecule has 0 amide bonds. The van der Waals surface area contributed by atoms with Crippen molar-refractivity contribution >= 4 is 11.9 Å². The molecule has 0 bridgehead atoms. The topological polar surface area (TPSA) is 63.6 Å². The molecule has 1 unspecified atom stereocenters. The summed E-state index contributed by atoms with van der Waals surface area (Å²) in [5.41, 5.74) is 0. The fourth-order valence-electron chi connectivity index (χ4n) is 4.67. The second kappa shape index (κ2) is 28.0. The summed E-state index contributed by atoms with van der Waals surface area (Å²) in [6.07, 6.45) is 34.2. The Labute approximate surface area is 223 Å². The highest BCUT2D eigenvalue weighted by atomic mass is 16.5. The Morgan fingerprint density at radius 3 is 1.50 bits per heavy atom. The number of carbonyl (C=O) groups excluding carboxylic acids is 1. The molecule has 0 aliphatic heterocycles. The van der Waals surface area contributed by atoms with Gasteiger partial charge < -0.3 is 9.84 Å². The minimum absolute atomic E-state index is 0.0409. The number of hydrogen-bond donors (Lipinski definition) is 1. The average molecular weight is 507 g/mol. The van der Waals surface area contributed by atoms with Gasteiger partial charge >= 0.3 is 11.9 Å². The summed E-state index contributed by atoms with van der Waals surface area (Å²) in [5, 5.41) is 9.30. The summed E-state index contributed by atoms with van der Waals surface area (Å²) in [4.78, 5) is 22.9. The van der Waals surface area contributed by atoms with Gasteiger partial charge in [-0.25, -0.2) is 0 Å². The zero-order valence-electron chi connectivity index (χ0n) is 23.7. The van der Waals surface area contributed by atoms with Gasteiger partial charge in [-0.15, -0.1) is 0 Å². The van der Waals surface area contributed by atoms with Gasteiger partial charge in [-0.05, 0) is 25.7 Å². The third-order valence-corrected chi connectivity index (χ3v) is 6.95. The smallest absolute Gasteiger partial charge is 0.307 e. The standard InChI is InChI=1S/C32H58O4/c1-3-5-6-7-8-9-10-11-12-13-14-15-16-17-18-19-20-21-22-23-24-25-26-27-30(32(34)35)29-31(33)36-28-4-2/h4-6,30H,2-3,7-29H2,1H3,(H,34,35)/b6-5+. The first-order valence-electron chi connectivity index (χ1n) is 15.3. The molecule has 0 aliphatic carbocycles. The van der Waals surface area contributed by atoms with E-state index in [2.05, 4.69) is 25.7 Å². The SMILES string of the molecule is C=CCOC(=O)CC(CCCCCCCCCCCCCCCCCCCCC/C=C/CC)C(=O)O. The maximum Gasteiger partial charge on any atom is 0.307 e. The number of ether oxygens (including phenoxy) is 1. The van der Waals surface area contributed by atoms with Crippen molar-refractivity contribution < 1.29 is 19.4 Å². The maximum absolute atomic E-state index is 11.6. The lowest BCUT2D eigenvalue weighted by Crippen LogP contribution is -2.19. The van der Waals surface area contributed by atoms with E-state index in [1.54, 1.807) is 0 Å². The molecule has 1 N–H and O–H groups in total. The molecule has 0 heterocycles. The molecule has 210 valence electrons. The van der Waals surface area contributed by atoms with Crippen LogP contribution in [0.4, 0.5) is 0 Å². The number of esters is 1. The van der Waals surface area contributed by atoms with Gasteiger partial charge in [0.05, 0.1) is 12.3 Å². The number of allylic oxidation sites excluding steroid dienone is 2. The van der Waals surface area contributed by atoms with Crippen LogP contribution in [-0.2, 0) is 14.3 Å². The predicted molar refractivity (Wildman–Crippen MR) is 153 cm³/mol. The molecule has 1 atom stereocenters. The molecule has 0 saturated heterocycles. The monoisotopic (exact) mass is 506 g/mol. The van der Waals surface area contributed by atoms with E-state index >= 15 is 0 Å². The van der Waals surface area contributed by atoms with Crippen molar-refractivity contribution in [2.75, 3.05) is 6.61 Å². The third kappa shape index (κ3) is 25.5. The highest BCUT2D eigenvalue weighted by Gasteiger charge is 2.21. The summed E-state index contributed by atoms with van der Waals surface area (Å²) in [6.45, 7) is 5.83. The Morgan fingerprint density at radius 2 is 1.11 bits per heavy atom. The van der Waals surface area contributed by atoms with Crippen LogP contribution in [-0.4, -0.2) is 23.7 Å². The van der Waals surface area contributed by atoms with Gasteiger partial charge in [0.25, 0.3) is 0 Å². The first kappa shape index (κ1) is 34.4. The normalized spacial score (nSPS) is 12.1. The van der Waals surface area contributed by atoms with Crippen molar-refractivity contribution in [1.82, 2.24) is 0 Å². The highest BCUT2D eigenvalue weighted by molar-refractivity contribution is 5.78. The van der Waals surface area contributed by atoms with Gasteiger partial charge in [-0.1, -0.05) is 147 Å². The number of carboxylic acid groups (broad SMARTS) is 1. The largest absolute Gasteiger partial charge is 0.481 e. The van der Waals surface area contributed by atoms with Gasteiger partial charge in [0.15, 0.2) is 0 Å². The molecule has 0 spiro atoms. The Hall–Kier alpha value is -1.58. The van der Waals surface area contributed by atoms with Crippen LogP contribution in [0.1, 0.15) is 155 Å². The fourth-order valence-corrected chi connectivity index (χ4v) is 4.67. The van der Waals surface area contributed by atoms with Crippen LogP contribution in [0.5, 0.6) is 0 Å². The minimum Gasteiger partial charge on any atom is -0.481 e. The zero-order valence-corrected chi connectivity index (χ0v) is 23.7. The molecule has 0 radical (unpaired) electrons. The van der Waals surface area contributed by atoms with Crippen LogP contribution in [0.2, 0.25) is 0 Å². The first-order valence-corrected chi connectivity index (χ1v) is 15.3. The molecule has 4 nitrogen and oxygen atoms in total. The second-order valence-corrected chi connectivity index (χ2v) is 10.4. The van der Waals surface area contributed by atoms with Crippen LogP contribution in [0.15, 0.2) is 24.8 Å². The van der Waals surface area contributed by atoms with Crippen molar-refractivity contribution in [2.45, 2.75) is 155 Å². The Morgan fingerprint density at radius 1 is 0.694 bits per heavy atom. The number of carboxylic acids is 1. The van der Waals surface area contributed by atoms with Gasteiger partial charge in [-0.3, -0.25) is 9.59 Å². The van der Waals surface area contributed by atoms with E-state index < -0.39 is 17.9 Å². The summed E-state index contributed by atoms with van der Waals surface area (Å²) in [7, 11) is 0. The lowest BCUT2D eigenvalue weighted by atomic mass is 9.97. The van der Waals surface area contributed by atoms with E-state index in [-0.39, 0.29) is 13.0 Å². The fraction of sp³-hybridized carbons (Fsp3) is 0.812. The number of carbonyl (C=O) groups is 2.